The number of anilines is 1. The molecule has 0 saturated carbocycles. The third kappa shape index (κ3) is 6.96. The molecule has 0 aliphatic carbocycles. The molecule has 3 aromatic carbocycles. The Hall–Kier alpha value is -5.00. The summed E-state index contributed by atoms with van der Waals surface area (Å²) in [5.74, 6) is -0.342. The Morgan fingerprint density at radius 1 is 0.977 bits per heavy atom. The number of phenols is 1. The van der Waals surface area contributed by atoms with Crippen molar-refractivity contribution in [1.82, 2.24) is 15.2 Å². The van der Waals surface area contributed by atoms with Crippen LogP contribution in [0.2, 0.25) is 0 Å². The van der Waals surface area contributed by atoms with Crippen LogP contribution >= 0.6 is 0 Å². The predicted molar refractivity (Wildman–Crippen MR) is 172 cm³/mol. The molecule has 0 bridgehead atoms. The minimum Gasteiger partial charge on any atom is -0.507 e. The van der Waals surface area contributed by atoms with Crippen LogP contribution in [0.3, 0.4) is 0 Å². The molecule has 1 aliphatic rings. The van der Waals surface area contributed by atoms with Crippen molar-refractivity contribution in [2.75, 3.05) is 25.0 Å². The smallest absolute Gasteiger partial charge is 0.256 e. The Labute approximate surface area is 258 Å². The average molecular weight is 588 g/mol. The fourth-order valence-corrected chi connectivity index (χ4v) is 5.77. The number of piperidine rings is 1. The van der Waals surface area contributed by atoms with Gasteiger partial charge in [0.15, 0.2) is 5.82 Å². The summed E-state index contributed by atoms with van der Waals surface area (Å²) in [6.45, 7) is 4.69. The highest BCUT2D eigenvalue weighted by molar-refractivity contribution is 6.05. The number of hydrogen-bond donors (Lipinski definition) is 3. The summed E-state index contributed by atoms with van der Waals surface area (Å²) in [7, 11) is 0. The van der Waals surface area contributed by atoms with E-state index in [2.05, 4.69) is 28.6 Å². The molecule has 8 nitrogen and oxygen atoms in total. The van der Waals surface area contributed by atoms with Crippen molar-refractivity contribution in [1.29, 1.82) is 5.26 Å². The van der Waals surface area contributed by atoms with E-state index in [1.165, 1.54) is 0 Å². The van der Waals surface area contributed by atoms with Gasteiger partial charge in [0, 0.05) is 34.8 Å². The zero-order valence-electron chi connectivity index (χ0n) is 24.9. The van der Waals surface area contributed by atoms with E-state index in [1.807, 2.05) is 29.2 Å². The number of aromatic nitrogens is 1. The average Bonchev–Trinajstić information content (AvgIpc) is 3.07. The van der Waals surface area contributed by atoms with Crippen LogP contribution in [0.25, 0.3) is 22.4 Å². The number of hydrogen-bond acceptors (Lipinski definition) is 6. The van der Waals surface area contributed by atoms with Crippen LogP contribution < -0.4 is 10.6 Å². The second kappa shape index (κ2) is 14.5. The molecule has 8 heteroatoms. The number of carbonyl (C=O) groups is 2. The lowest BCUT2D eigenvalue weighted by molar-refractivity contribution is 0.0598. The van der Waals surface area contributed by atoms with Gasteiger partial charge in [-0.3, -0.25) is 9.59 Å². The number of likely N-dealkylation sites (tertiary alicyclic amines) is 1. The third-order valence-electron chi connectivity index (χ3n) is 8.03. The molecule has 4 aromatic rings. The Morgan fingerprint density at radius 2 is 1.75 bits per heavy atom. The number of phenolic OH excluding ortho intramolecular Hbond substituents is 1. The van der Waals surface area contributed by atoms with Gasteiger partial charge in [-0.25, -0.2) is 4.98 Å². The molecule has 3 N–H and O–H groups in total. The van der Waals surface area contributed by atoms with Crippen molar-refractivity contribution >= 4 is 17.6 Å². The largest absolute Gasteiger partial charge is 0.507 e. The maximum atomic E-state index is 13.9. The quantitative estimate of drug-likeness (QED) is 0.179. The van der Waals surface area contributed by atoms with E-state index in [4.69, 9.17) is 0 Å². The van der Waals surface area contributed by atoms with Gasteiger partial charge in [-0.05, 0) is 93.2 Å². The maximum absolute atomic E-state index is 13.9. The first-order chi connectivity index (χ1) is 21.5. The van der Waals surface area contributed by atoms with Gasteiger partial charge in [0.1, 0.15) is 17.4 Å². The van der Waals surface area contributed by atoms with Crippen molar-refractivity contribution in [2.45, 2.75) is 45.1 Å². The summed E-state index contributed by atoms with van der Waals surface area (Å²) >= 11 is 0. The molecule has 44 heavy (non-hydrogen) atoms. The lowest BCUT2D eigenvalue weighted by Gasteiger charge is -2.36. The fraction of sp³-hybridized carbons (Fsp3) is 0.278. The predicted octanol–water partition coefficient (Wildman–Crippen LogP) is 6.63. The highest BCUT2D eigenvalue weighted by Crippen LogP contribution is 2.36. The standard InChI is InChI=1S/C36H37N5O3/c1-2-38-20-11-17-28-16-8-9-21-41(28)36(44)27-15-10-14-26(22-27)30-23-32(29-18-6-7-19-33(29)42)39-34(31(30)24-37)40-35(43)25-12-4-3-5-13-25/h3-7,10,12-15,18-19,22-23,28,38,42H,2,8-9,11,16-17,20-21H2,1H3,(H,39,40,43). The molecule has 2 heterocycles. The molecule has 5 rings (SSSR count). The first kappa shape index (κ1) is 30.5. The van der Waals surface area contributed by atoms with Crippen LogP contribution in [0.15, 0.2) is 84.9 Å². The highest BCUT2D eigenvalue weighted by Gasteiger charge is 2.28. The number of nitrogens with one attached hydrogen (secondary N) is 2. The number of para-hydroxylation sites is 1. The Morgan fingerprint density at radius 3 is 2.52 bits per heavy atom. The van der Waals surface area contributed by atoms with Crippen LogP contribution in [-0.2, 0) is 0 Å². The lowest BCUT2D eigenvalue weighted by Crippen LogP contribution is -2.44. The number of amides is 2. The highest BCUT2D eigenvalue weighted by atomic mass is 16.3. The number of pyridine rings is 1. The summed E-state index contributed by atoms with van der Waals surface area (Å²) in [6, 6.07) is 26.9. The zero-order valence-corrected chi connectivity index (χ0v) is 24.9. The molecule has 224 valence electrons. The Bertz CT molecular complexity index is 1660. The van der Waals surface area contributed by atoms with E-state index in [-0.39, 0.29) is 29.1 Å². The van der Waals surface area contributed by atoms with Crippen LogP contribution in [0.1, 0.15) is 65.3 Å². The number of aromatic hydroxyl groups is 1. The monoisotopic (exact) mass is 587 g/mol. The summed E-state index contributed by atoms with van der Waals surface area (Å²) < 4.78 is 0. The van der Waals surface area contributed by atoms with Crippen LogP contribution in [0.4, 0.5) is 5.82 Å². The van der Waals surface area contributed by atoms with Gasteiger partial charge >= 0.3 is 0 Å². The minimum atomic E-state index is -0.413. The number of rotatable bonds is 10. The molecule has 1 aromatic heterocycles. The molecule has 1 saturated heterocycles. The van der Waals surface area contributed by atoms with Gasteiger partial charge < -0.3 is 20.6 Å². The second-order valence-electron chi connectivity index (χ2n) is 11.0. The van der Waals surface area contributed by atoms with E-state index < -0.39 is 5.91 Å². The molecule has 1 fully saturated rings. The second-order valence-corrected chi connectivity index (χ2v) is 11.0. The van der Waals surface area contributed by atoms with Crippen LogP contribution in [0, 0.1) is 11.3 Å². The first-order valence-corrected chi connectivity index (χ1v) is 15.2. The molecule has 0 spiro atoms. The first-order valence-electron chi connectivity index (χ1n) is 15.2. The van der Waals surface area contributed by atoms with Crippen LogP contribution in [0.5, 0.6) is 5.75 Å². The van der Waals surface area contributed by atoms with Gasteiger partial charge in [-0.1, -0.05) is 49.4 Å². The van der Waals surface area contributed by atoms with Crippen molar-refractivity contribution in [3.63, 3.8) is 0 Å². The number of carbonyl (C=O) groups excluding carboxylic acids is 2. The van der Waals surface area contributed by atoms with Crippen molar-refractivity contribution < 1.29 is 14.7 Å². The van der Waals surface area contributed by atoms with Gasteiger partial charge in [0.25, 0.3) is 11.8 Å². The molecule has 1 atom stereocenters. The lowest BCUT2D eigenvalue weighted by atomic mass is 9.94. The molecule has 1 unspecified atom stereocenters. The minimum absolute atomic E-state index is 0.0187. The number of nitrogens with zero attached hydrogens (tertiary/aromatic N) is 3. The SMILES string of the molecule is CCNCCCC1CCCCN1C(=O)c1cccc(-c2cc(-c3ccccc3O)nc(NC(=O)c3ccccc3)c2C#N)c1. The third-order valence-corrected chi connectivity index (χ3v) is 8.03. The maximum Gasteiger partial charge on any atom is 0.256 e. The van der Waals surface area contributed by atoms with E-state index >= 15 is 0 Å². The van der Waals surface area contributed by atoms with Gasteiger partial charge in [0.05, 0.1) is 5.69 Å². The summed E-state index contributed by atoms with van der Waals surface area (Å²) in [5.41, 5.74) is 3.10. The molecular formula is C36H37N5O3. The molecule has 1 aliphatic heterocycles. The molecular weight excluding hydrogens is 550 g/mol. The van der Waals surface area contributed by atoms with Gasteiger partial charge in [0.2, 0.25) is 0 Å². The van der Waals surface area contributed by atoms with Crippen LogP contribution in [-0.4, -0.2) is 52.5 Å². The molecule has 0 radical (unpaired) electrons. The summed E-state index contributed by atoms with van der Waals surface area (Å²) in [4.78, 5) is 33.6. The number of nitriles is 1. The Balaban J connectivity index is 1.53. The van der Waals surface area contributed by atoms with E-state index in [1.54, 1.807) is 60.7 Å². The van der Waals surface area contributed by atoms with E-state index in [0.29, 0.717) is 33.5 Å². The molecule has 2 amide bonds. The van der Waals surface area contributed by atoms with Crippen molar-refractivity contribution in [2.24, 2.45) is 0 Å². The van der Waals surface area contributed by atoms with Crippen molar-refractivity contribution in [3.05, 3.63) is 102 Å². The van der Waals surface area contributed by atoms with Crippen molar-refractivity contribution in [3.8, 4) is 34.2 Å². The Kier molecular flexibility index (Phi) is 10.0. The number of benzene rings is 3. The normalized spacial score (nSPS) is 14.5. The fourth-order valence-electron chi connectivity index (χ4n) is 5.77. The van der Waals surface area contributed by atoms with Gasteiger partial charge in [-0.2, -0.15) is 5.26 Å². The van der Waals surface area contributed by atoms with E-state index in [9.17, 15) is 20.0 Å². The zero-order chi connectivity index (χ0) is 30.9. The topological polar surface area (TPSA) is 118 Å². The van der Waals surface area contributed by atoms with Gasteiger partial charge in [-0.15, -0.1) is 0 Å². The summed E-state index contributed by atoms with van der Waals surface area (Å²) in [5, 5.41) is 27.1. The summed E-state index contributed by atoms with van der Waals surface area (Å²) in [6.07, 6.45) is 5.05. The van der Waals surface area contributed by atoms with E-state index in [0.717, 1.165) is 51.7 Å².